The monoisotopic (exact) mass is 294 g/mol. The third kappa shape index (κ3) is 1.63. The maximum atomic E-state index is 6.21. The Kier molecular flexibility index (Phi) is 2.42. The van der Waals surface area contributed by atoms with Gasteiger partial charge in [0.15, 0.2) is 0 Å². The first-order chi connectivity index (χ1) is 10.2. The maximum Gasteiger partial charge on any atom is 0.0412 e. The number of hydrogen-bond acceptors (Lipinski definition) is 0. The average Bonchev–Trinajstić information content (AvgIpc) is 3.07. The quantitative estimate of drug-likeness (QED) is 0.538. The van der Waals surface area contributed by atoms with E-state index < -0.39 is 0 Å². The summed E-state index contributed by atoms with van der Waals surface area (Å²) in [6.07, 6.45) is 10.5. The molecule has 2 bridgehead atoms. The lowest BCUT2D eigenvalue weighted by molar-refractivity contribution is 0.270. The molecule has 1 heteroatoms. The molecule has 0 radical (unpaired) electrons. The van der Waals surface area contributed by atoms with E-state index in [4.69, 9.17) is 11.6 Å². The molecular formula is C20H19Cl. The van der Waals surface area contributed by atoms with E-state index in [1.807, 2.05) is 6.07 Å². The van der Waals surface area contributed by atoms with Crippen LogP contribution in [0.3, 0.4) is 0 Å². The van der Waals surface area contributed by atoms with Crippen molar-refractivity contribution in [2.75, 3.05) is 0 Å². The van der Waals surface area contributed by atoms with Gasteiger partial charge in [-0.1, -0.05) is 41.4 Å². The van der Waals surface area contributed by atoms with Crippen molar-refractivity contribution >= 4 is 22.4 Å². The number of halogens is 1. The molecule has 21 heavy (non-hydrogen) atoms. The highest BCUT2D eigenvalue weighted by Crippen LogP contribution is 2.59. The van der Waals surface area contributed by atoms with Gasteiger partial charge in [0.1, 0.15) is 0 Å². The Morgan fingerprint density at radius 3 is 2.86 bits per heavy atom. The molecular weight excluding hydrogens is 276 g/mol. The lowest BCUT2D eigenvalue weighted by atomic mass is 9.62. The van der Waals surface area contributed by atoms with Gasteiger partial charge in [-0.25, -0.2) is 0 Å². The van der Waals surface area contributed by atoms with Crippen molar-refractivity contribution < 1.29 is 0 Å². The van der Waals surface area contributed by atoms with Crippen LogP contribution in [0.2, 0.25) is 5.02 Å². The highest BCUT2D eigenvalue weighted by molar-refractivity contribution is 6.31. The summed E-state index contributed by atoms with van der Waals surface area (Å²) in [6, 6.07) is 11.2. The molecule has 1 saturated carbocycles. The molecule has 0 N–H and O–H groups in total. The molecule has 0 amide bonds. The van der Waals surface area contributed by atoms with Crippen LogP contribution >= 0.6 is 11.6 Å². The summed E-state index contributed by atoms with van der Waals surface area (Å²) in [4.78, 5) is 0. The number of benzene rings is 2. The molecule has 3 aliphatic carbocycles. The maximum absolute atomic E-state index is 6.21. The molecule has 106 valence electrons. The average molecular weight is 295 g/mol. The van der Waals surface area contributed by atoms with Crippen LogP contribution < -0.4 is 0 Å². The van der Waals surface area contributed by atoms with Gasteiger partial charge in [-0.2, -0.15) is 0 Å². The van der Waals surface area contributed by atoms with Crippen LogP contribution in [0, 0.1) is 5.92 Å². The van der Waals surface area contributed by atoms with Gasteiger partial charge in [-0.3, -0.25) is 0 Å². The summed E-state index contributed by atoms with van der Waals surface area (Å²) in [6.45, 7) is 0. The van der Waals surface area contributed by atoms with E-state index in [0.29, 0.717) is 5.41 Å². The fraction of sp³-hybridized carbons (Fsp3) is 0.400. The first-order valence-corrected chi connectivity index (χ1v) is 8.53. The summed E-state index contributed by atoms with van der Waals surface area (Å²) < 4.78 is 0. The minimum Gasteiger partial charge on any atom is -0.0850 e. The fourth-order valence-corrected chi connectivity index (χ4v) is 5.41. The number of fused-ring (bicyclic) bond motifs is 6. The SMILES string of the molecule is Clc1ccc2cc3c(cc2c1)C1(CCC3)CC2=CCC1C2. The van der Waals surface area contributed by atoms with E-state index in [1.165, 1.54) is 49.3 Å². The normalized spacial score (nSPS) is 30.0. The third-order valence-electron chi connectivity index (χ3n) is 6.15. The summed E-state index contributed by atoms with van der Waals surface area (Å²) >= 11 is 6.21. The van der Waals surface area contributed by atoms with Crippen LogP contribution in [0.25, 0.3) is 10.8 Å². The molecule has 2 aromatic carbocycles. The van der Waals surface area contributed by atoms with Crippen molar-refractivity contribution in [3.63, 3.8) is 0 Å². The van der Waals surface area contributed by atoms with Crippen LogP contribution in [-0.2, 0) is 11.8 Å². The predicted molar refractivity (Wildman–Crippen MR) is 89.0 cm³/mol. The van der Waals surface area contributed by atoms with Crippen molar-refractivity contribution in [3.8, 4) is 0 Å². The molecule has 0 heterocycles. The van der Waals surface area contributed by atoms with Crippen LogP contribution in [0.1, 0.15) is 43.2 Å². The van der Waals surface area contributed by atoms with Crippen LogP contribution in [0.5, 0.6) is 0 Å². The van der Waals surface area contributed by atoms with E-state index in [1.54, 1.807) is 16.7 Å². The van der Waals surface area contributed by atoms with E-state index in [2.05, 4.69) is 30.3 Å². The molecule has 0 saturated heterocycles. The molecule has 2 atom stereocenters. The first-order valence-electron chi connectivity index (χ1n) is 8.15. The van der Waals surface area contributed by atoms with Crippen molar-refractivity contribution in [2.24, 2.45) is 5.92 Å². The topological polar surface area (TPSA) is 0 Å². The molecule has 0 aromatic heterocycles. The number of hydrogen-bond donors (Lipinski definition) is 0. The highest BCUT2D eigenvalue weighted by atomic mass is 35.5. The molecule has 0 nitrogen and oxygen atoms in total. The first kappa shape index (κ1) is 12.3. The zero-order valence-corrected chi connectivity index (χ0v) is 12.9. The van der Waals surface area contributed by atoms with Gasteiger partial charge in [-0.05, 0) is 78.5 Å². The van der Waals surface area contributed by atoms with Crippen molar-refractivity contribution in [1.82, 2.24) is 0 Å². The summed E-state index contributed by atoms with van der Waals surface area (Å²) in [7, 11) is 0. The Labute approximate surface area is 130 Å². The number of allylic oxidation sites excluding steroid dienone is 2. The molecule has 3 aliphatic rings. The molecule has 5 rings (SSSR count). The molecule has 1 spiro atoms. The largest absolute Gasteiger partial charge is 0.0850 e. The van der Waals surface area contributed by atoms with E-state index in [0.717, 1.165) is 10.9 Å². The smallest absolute Gasteiger partial charge is 0.0412 e. The van der Waals surface area contributed by atoms with Gasteiger partial charge in [0.2, 0.25) is 0 Å². The van der Waals surface area contributed by atoms with Crippen LogP contribution in [-0.4, -0.2) is 0 Å². The minimum atomic E-state index is 0.453. The van der Waals surface area contributed by atoms with Gasteiger partial charge >= 0.3 is 0 Å². The fourth-order valence-electron chi connectivity index (χ4n) is 5.23. The third-order valence-corrected chi connectivity index (χ3v) is 6.39. The molecule has 1 fully saturated rings. The van der Waals surface area contributed by atoms with Gasteiger partial charge < -0.3 is 0 Å². The standard InChI is InChI=1S/C20H19Cl/c21-18-6-4-14-9-15-2-1-7-20(19(15)11-16(14)10-18)12-13-3-5-17(20)8-13/h3-4,6,9-11,17H,1-2,5,7-8,12H2. The Balaban J connectivity index is 1.76. The van der Waals surface area contributed by atoms with Crippen molar-refractivity contribution in [3.05, 3.63) is 58.1 Å². The van der Waals surface area contributed by atoms with E-state index in [9.17, 15) is 0 Å². The van der Waals surface area contributed by atoms with Gasteiger partial charge in [0.25, 0.3) is 0 Å². The number of rotatable bonds is 0. The Morgan fingerprint density at radius 2 is 2.05 bits per heavy atom. The Bertz CT molecular complexity index is 786. The highest BCUT2D eigenvalue weighted by Gasteiger charge is 2.49. The van der Waals surface area contributed by atoms with Crippen molar-refractivity contribution in [2.45, 2.75) is 43.9 Å². The molecule has 2 aromatic rings. The second-order valence-corrected chi connectivity index (χ2v) is 7.62. The van der Waals surface area contributed by atoms with Crippen LogP contribution in [0.4, 0.5) is 0 Å². The Hall–Kier alpha value is -1.27. The van der Waals surface area contributed by atoms with Crippen molar-refractivity contribution in [1.29, 1.82) is 0 Å². The zero-order chi connectivity index (χ0) is 14.0. The number of aryl methyl sites for hydroxylation is 1. The minimum absolute atomic E-state index is 0.453. The van der Waals surface area contributed by atoms with E-state index >= 15 is 0 Å². The lowest BCUT2D eigenvalue weighted by Gasteiger charge is -2.41. The van der Waals surface area contributed by atoms with Gasteiger partial charge in [0, 0.05) is 10.4 Å². The molecule has 2 unspecified atom stereocenters. The second-order valence-electron chi connectivity index (χ2n) is 7.19. The Morgan fingerprint density at radius 1 is 1.10 bits per heavy atom. The summed E-state index contributed by atoms with van der Waals surface area (Å²) in [5.74, 6) is 0.864. The van der Waals surface area contributed by atoms with E-state index in [-0.39, 0.29) is 0 Å². The van der Waals surface area contributed by atoms with Gasteiger partial charge in [-0.15, -0.1) is 0 Å². The zero-order valence-electron chi connectivity index (χ0n) is 12.2. The lowest BCUT2D eigenvalue weighted by Crippen LogP contribution is -2.35. The predicted octanol–water partition coefficient (Wildman–Crippen LogP) is 5.81. The van der Waals surface area contributed by atoms with Gasteiger partial charge in [0.05, 0.1) is 0 Å². The second kappa shape index (κ2) is 4.14. The van der Waals surface area contributed by atoms with Crippen LogP contribution in [0.15, 0.2) is 42.0 Å². The summed E-state index contributed by atoms with van der Waals surface area (Å²) in [5, 5.41) is 3.51. The summed E-state index contributed by atoms with van der Waals surface area (Å²) in [5.41, 5.74) is 5.42. The molecule has 0 aliphatic heterocycles.